The van der Waals surface area contributed by atoms with Crippen molar-refractivity contribution in [3.05, 3.63) is 0 Å². The first-order chi connectivity index (χ1) is 8.86. The molecule has 5 atom stereocenters. The summed E-state index contributed by atoms with van der Waals surface area (Å²) in [6.45, 7) is 2.14. The van der Waals surface area contributed by atoms with E-state index in [4.69, 9.17) is 18.9 Å². The summed E-state index contributed by atoms with van der Waals surface area (Å²) < 4.78 is 19.6. The van der Waals surface area contributed by atoms with Crippen LogP contribution in [0.25, 0.3) is 0 Å². The number of carbonyl (C=O) groups excluding carboxylic acids is 2. The van der Waals surface area contributed by atoms with Gasteiger partial charge in [-0.15, -0.1) is 0 Å². The number of esters is 2. The Balaban J connectivity index is 2.73. The van der Waals surface area contributed by atoms with Crippen LogP contribution in [0.2, 0.25) is 0 Å². The SMILES string of the molecule is CO[C@H]1[C@H](O)[C@@H](COC(C)=O)O[C@H](O)[C@@H]1OC(C)=O. The predicted molar refractivity (Wildman–Crippen MR) is 59.9 cm³/mol. The molecular formula is C11H18O8. The van der Waals surface area contributed by atoms with Crippen LogP contribution in [0, 0.1) is 0 Å². The van der Waals surface area contributed by atoms with Crippen LogP contribution in [0.5, 0.6) is 0 Å². The predicted octanol–water partition coefficient (Wildman–Crippen LogP) is -1.43. The number of aliphatic hydroxyl groups is 2. The molecule has 0 aromatic rings. The quantitative estimate of drug-likeness (QED) is 0.602. The summed E-state index contributed by atoms with van der Waals surface area (Å²) in [5, 5.41) is 19.7. The summed E-state index contributed by atoms with van der Waals surface area (Å²) in [6, 6.07) is 0. The number of methoxy groups -OCH3 is 1. The van der Waals surface area contributed by atoms with Crippen LogP contribution in [0.3, 0.4) is 0 Å². The molecule has 0 amide bonds. The summed E-state index contributed by atoms with van der Waals surface area (Å²) in [6.07, 6.45) is -5.77. The number of aliphatic hydroxyl groups excluding tert-OH is 2. The zero-order chi connectivity index (χ0) is 14.6. The molecule has 0 unspecified atom stereocenters. The molecule has 1 rings (SSSR count). The van der Waals surface area contributed by atoms with Gasteiger partial charge in [-0.25, -0.2) is 0 Å². The maximum Gasteiger partial charge on any atom is 0.303 e. The summed E-state index contributed by atoms with van der Waals surface area (Å²) in [4.78, 5) is 21.6. The summed E-state index contributed by atoms with van der Waals surface area (Å²) >= 11 is 0. The maximum absolute atomic E-state index is 10.9. The van der Waals surface area contributed by atoms with Gasteiger partial charge in [0.2, 0.25) is 0 Å². The van der Waals surface area contributed by atoms with Gasteiger partial charge < -0.3 is 29.2 Å². The van der Waals surface area contributed by atoms with Crippen LogP contribution in [0.1, 0.15) is 13.8 Å². The lowest BCUT2D eigenvalue weighted by Gasteiger charge is -2.41. The highest BCUT2D eigenvalue weighted by atomic mass is 16.7. The van der Waals surface area contributed by atoms with Crippen molar-refractivity contribution in [1.29, 1.82) is 0 Å². The molecule has 1 heterocycles. The Kier molecular flexibility index (Phi) is 5.67. The van der Waals surface area contributed by atoms with Crippen LogP contribution in [-0.2, 0) is 28.5 Å². The molecule has 0 saturated carbocycles. The standard InChI is InChI=1S/C11H18O8/c1-5(12)17-4-7-8(14)9(16-3)10(11(15)19-7)18-6(2)13/h7-11,14-15H,4H2,1-3H3/t7-,8-,9+,10-,11+/m1/s1. The van der Waals surface area contributed by atoms with Crippen molar-refractivity contribution in [1.82, 2.24) is 0 Å². The van der Waals surface area contributed by atoms with Gasteiger partial charge in [0.1, 0.15) is 24.9 Å². The Bertz CT molecular complexity index is 331. The molecule has 1 aliphatic heterocycles. The highest BCUT2D eigenvalue weighted by molar-refractivity contribution is 5.66. The fraction of sp³-hybridized carbons (Fsp3) is 0.818. The van der Waals surface area contributed by atoms with E-state index in [0.717, 1.165) is 6.92 Å². The van der Waals surface area contributed by atoms with Crippen molar-refractivity contribution >= 4 is 11.9 Å². The molecule has 19 heavy (non-hydrogen) atoms. The summed E-state index contributed by atoms with van der Waals surface area (Å²) in [7, 11) is 1.30. The van der Waals surface area contributed by atoms with Crippen molar-refractivity contribution in [3.63, 3.8) is 0 Å². The topological polar surface area (TPSA) is 112 Å². The van der Waals surface area contributed by atoms with Gasteiger partial charge in [0, 0.05) is 21.0 Å². The van der Waals surface area contributed by atoms with Crippen LogP contribution in [0.15, 0.2) is 0 Å². The minimum absolute atomic E-state index is 0.236. The molecule has 0 spiro atoms. The van der Waals surface area contributed by atoms with Gasteiger partial charge in [-0.3, -0.25) is 9.59 Å². The maximum atomic E-state index is 10.9. The van der Waals surface area contributed by atoms with Gasteiger partial charge in [0.25, 0.3) is 0 Å². The Morgan fingerprint density at radius 2 is 1.79 bits per heavy atom. The molecule has 0 aliphatic carbocycles. The Morgan fingerprint density at radius 3 is 2.26 bits per heavy atom. The fourth-order valence-corrected chi connectivity index (χ4v) is 1.83. The second-order valence-electron chi connectivity index (χ2n) is 4.13. The van der Waals surface area contributed by atoms with Gasteiger partial charge in [-0.1, -0.05) is 0 Å². The smallest absolute Gasteiger partial charge is 0.303 e. The van der Waals surface area contributed by atoms with Crippen LogP contribution in [0.4, 0.5) is 0 Å². The minimum atomic E-state index is -1.47. The lowest BCUT2D eigenvalue weighted by atomic mass is 9.99. The van der Waals surface area contributed by atoms with Crippen molar-refractivity contribution in [3.8, 4) is 0 Å². The van der Waals surface area contributed by atoms with Crippen LogP contribution in [-0.4, -0.2) is 66.6 Å². The molecular weight excluding hydrogens is 260 g/mol. The fourth-order valence-electron chi connectivity index (χ4n) is 1.83. The van der Waals surface area contributed by atoms with E-state index in [2.05, 4.69) is 0 Å². The molecule has 8 heteroatoms. The third-order valence-corrected chi connectivity index (χ3v) is 2.66. The van der Waals surface area contributed by atoms with Gasteiger partial charge in [0.05, 0.1) is 0 Å². The Morgan fingerprint density at radius 1 is 1.16 bits per heavy atom. The van der Waals surface area contributed by atoms with Crippen molar-refractivity contribution in [2.75, 3.05) is 13.7 Å². The van der Waals surface area contributed by atoms with Crippen molar-refractivity contribution < 1.29 is 38.7 Å². The lowest BCUT2D eigenvalue weighted by Crippen LogP contribution is -2.60. The summed E-state index contributed by atoms with van der Waals surface area (Å²) in [5.41, 5.74) is 0. The highest BCUT2D eigenvalue weighted by Gasteiger charge is 2.47. The van der Waals surface area contributed by atoms with Crippen LogP contribution < -0.4 is 0 Å². The summed E-state index contributed by atoms with van der Waals surface area (Å²) in [5.74, 6) is -1.18. The van der Waals surface area contributed by atoms with E-state index in [1.165, 1.54) is 14.0 Å². The van der Waals surface area contributed by atoms with E-state index in [1.807, 2.05) is 0 Å². The second kappa shape index (κ2) is 6.80. The molecule has 0 bridgehead atoms. The zero-order valence-corrected chi connectivity index (χ0v) is 10.9. The van der Waals surface area contributed by atoms with E-state index >= 15 is 0 Å². The first-order valence-electron chi connectivity index (χ1n) is 5.71. The molecule has 1 saturated heterocycles. The molecule has 8 nitrogen and oxygen atoms in total. The van der Waals surface area contributed by atoms with E-state index in [0.29, 0.717) is 0 Å². The van der Waals surface area contributed by atoms with Gasteiger partial charge in [-0.05, 0) is 0 Å². The number of ether oxygens (including phenoxy) is 4. The van der Waals surface area contributed by atoms with E-state index in [-0.39, 0.29) is 6.61 Å². The molecule has 0 aromatic carbocycles. The number of hydrogen-bond acceptors (Lipinski definition) is 8. The average Bonchev–Trinajstić information content (AvgIpc) is 2.31. The van der Waals surface area contributed by atoms with Gasteiger partial charge in [0.15, 0.2) is 12.4 Å². The third kappa shape index (κ3) is 4.13. The molecule has 2 N–H and O–H groups in total. The largest absolute Gasteiger partial charge is 0.463 e. The number of hydrogen-bond donors (Lipinski definition) is 2. The first kappa shape index (κ1) is 15.8. The zero-order valence-electron chi connectivity index (χ0n) is 10.9. The van der Waals surface area contributed by atoms with Crippen molar-refractivity contribution in [2.45, 2.75) is 44.6 Å². The Labute approximate surface area is 110 Å². The third-order valence-electron chi connectivity index (χ3n) is 2.66. The minimum Gasteiger partial charge on any atom is -0.463 e. The lowest BCUT2D eigenvalue weighted by molar-refractivity contribution is -0.294. The van der Waals surface area contributed by atoms with Crippen molar-refractivity contribution in [2.24, 2.45) is 0 Å². The van der Waals surface area contributed by atoms with E-state index in [1.54, 1.807) is 0 Å². The first-order valence-corrected chi connectivity index (χ1v) is 5.71. The molecule has 0 aromatic heterocycles. The van der Waals surface area contributed by atoms with E-state index in [9.17, 15) is 19.8 Å². The molecule has 1 aliphatic rings. The normalized spacial score (nSPS) is 34.7. The van der Waals surface area contributed by atoms with Gasteiger partial charge in [-0.2, -0.15) is 0 Å². The number of rotatable bonds is 4. The Hall–Kier alpha value is -1.22. The second-order valence-corrected chi connectivity index (χ2v) is 4.13. The van der Waals surface area contributed by atoms with Gasteiger partial charge >= 0.3 is 11.9 Å². The molecule has 0 radical (unpaired) electrons. The van der Waals surface area contributed by atoms with E-state index < -0.39 is 42.6 Å². The number of carbonyl (C=O) groups is 2. The average molecular weight is 278 g/mol. The van der Waals surface area contributed by atoms with Crippen LogP contribution >= 0.6 is 0 Å². The molecule has 1 fully saturated rings. The highest BCUT2D eigenvalue weighted by Crippen LogP contribution is 2.24. The monoisotopic (exact) mass is 278 g/mol. The molecule has 110 valence electrons.